The van der Waals surface area contributed by atoms with E-state index in [1.165, 1.54) is 18.2 Å². The standard InChI is InChI=1S/C37H45F3N2O4/c1-22(2)28-16-15-23(3)19-31(28)46-36(44)33-25(5)41-24(4)32(34(33)29-13-9-10-14-30(29)37(38,39)40)35(43)45-27-17-18-42(21-27)20-26-11-7-6-8-12-26/h6-14,22-23,27-28,31,34,41H,15-21H2,1-5H3. The lowest BCUT2D eigenvalue weighted by atomic mass is 9.75. The van der Waals surface area contributed by atoms with Crippen LogP contribution in [0.5, 0.6) is 0 Å². The SMILES string of the molecule is CC1=C(C(=O)OC2CCN(Cc3ccccc3)C2)C(c2ccccc2C(F)(F)F)C(C(=O)OC2CC(C)CCC2C(C)C)=C(C)N1. The number of rotatable bonds is 8. The van der Waals surface area contributed by atoms with Crippen LogP contribution in [0, 0.1) is 17.8 Å². The second-order valence-corrected chi connectivity index (χ2v) is 13.5. The molecule has 248 valence electrons. The van der Waals surface area contributed by atoms with Crippen molar-refractivity contribution < 1.29 is 32.2 Å². The Balaban J connectivity index is 1.46. The Kier molecular flexibility index (Phi) is 10.3. The third-order valence-corrected chi connectivity index (χ3v) is 9.75. The number of carbonyl (C=O) groups excluding carboxylic acids is 2. The number of dihydropyridines is 1. The number of nitrogens with zero attached hydrogens (tertiary/aromatic N) is 1. The first-order valence-corrected chi connectivity index (χ1v) is 16.4. The van der Waals surface area contributed by atoms with Crippen LogP contribution in [-0.4, -0.2) is 42.1 Å². The van der Waals surface area contributed by atoms with Gasteiger partial charge < -0.3 is 14.8 Å². The van der Waals surface area contributed by atoms with Gasteiger partial charge in [0.25, 0.3) is 0 Å². The molecule has 3 aliphatic rings. The quantitative estimate of drug-likeness (QED) is 0.298. The van der Waals surface area contributed by atoms with Gasteiger partial charge >= 0.3 is 18.1 Å². The number of hydrogen-bond donors (Lipinski definition) is 1. The van der Waals surface area contributed by atoms with E-state index in [2.05, 4.69) is 31.0 Å². The van der Waals surface area contributed by atoms with E-state index in [0.29, 0.717) is 43.2 Å². The Labute approximate surface area is 270 Å². The van der Waals surface area contributed by atoms with Crippen molar-refractivity contribution in [3.05, 3.63) is 93.8 Å². The first-order chi connectivity index (χ1) is 21.8. The summed E-state index contributed by atoms with van der Waals surface area (Å²) in [7, 11) is 0. The van der Waals surface area contributed by atoms with Crippen LogP contribution in [0.1, 0.15) is 82.9 Å². The number of benzene rings is 2. The van der Waals surface area contributed by atoms with E-state index < -0.39 is 35.7 Å². The van der Waals surface area contributed by atoms with Gasteiger partial charge in [-0.25, -0.2) is 9.59 Å². The number of esters is 2. The zero-order valence-electron chi connectivity index (χ0n) is 27.3. The number of allylic oxidation sites excluding steroid dienone is 2. The van der Waals surface area contributed by atoms with Gasteiger partial charge in [-0.05, 0) is 68.1 Å². The molecule has 6 nitrogen and oxygen atoms in total. The topological polar surface area (TPSA) is 67.9 Å². The molecule has 2 fully saturated rings. The average molecular weight is 639 g/mol. The van der Waals surface area contributed by atoms with Crippen molar-refractivity contribution in [3.63, 3.8) is 0 Å². The number of nitrogens with one attached hydrogen (secondary N) is 1. The van der Waals surface area contributed by atoms with Gasteiger partial charge in [-0.1, -0.05) is 75.7 Å². The van der Waals surface area contributed by atoms with Crippen LogP contribution in [0.3, 0.4) is 0 Å². The summed E-state index contributed by atoms with van der Waals surface area (Å²) in [5, 5.41) is 3.11. The van der Waals surface area contributed by atoms with E-state index in [-0.39, 0.29) is 34.6 Å². The molecule has 2 aromatic carbocycles. The second kappa shape index (κ2) is 14.0. The molecule has 5 rings (SSSR count). The van der Waals surface area contributed by atoms with Crippen LogP contribution in [0.4, 0.5) is 13.2 Å². The molecular formula is C37H45F3N2O4. The van der Waals surface area contributed by atoms with E-state index in [9.17, 15) is 22.8 Å². The molecule has 5 atom stereocenters. The zero-order valence-corrected chi connectivity index (χ0v) is 27.3. The summed E-state index contributed by atoms with van der Waals surface area (Å²) in [5.74, 6) is -1.99. The minimum Gasteiger partial charge on any atom is -0.459 e. The van der Waals surface area contributed by atoms with Gasteiger partial charge in [0.05, 0.1) is 22.6 Å². The molecule has 1 aliphatic carbocycles. The minimum absolute atomic E-state index is 0.00631. The predicted molar refractivity (Wildman–Crippen MR) is 170 cm³/mol. The molecule has 1 N–H and O–H groups in total. The fraction of sp³-hybridized carbons (Fsp3) is 0.514. The van der Waals surface area contributed by atoms with Gasteiger partial charge in [0.15, 0.2) is 0 Å². The summed E-state index contributed by atoms with van der Waals surface area (Å²) in [6, 6.07) is 15.1. The zero-order chi connectivity index (χ0) is 33.2. The summed E-state index contributed by atoms with van der Waals surface area (Å²) >= 11 is 0. The molecule has 2 heterocycles. The van der Waals surface area contributed by atoms with E-state index in [4.69, 9.17) is 9.47 Å². The van der Waals surface area contributed by atoms with Crippen LogP contribution in [0.25, 0.3) is 0 Å². The lowest BCUT2D eigenvalue weighted by molar-refractivity contribution is -0.152. The Morgan fingerprint density at radius 3 is 2.20 bits per heavy atom. The van der Waals surface area contributed by atoms with E-state index in [1.807, 2.05) is 30.3 Å². The summed E-state index contributed by atoms with van der Waals surface area (Å²) in [5.41, 5.74) is 0.778. The highest BCUT2D eigenvalue weighted by molar-refractivity contribution is 6.00. The van der Waals surface area contributed by atoms with Gasteiger partial charge in [-0.3, -0.25) is 4.90 Å². The molecule has 46 heavy (non-hydrogen) atoms. The van der Waals surface area contributed by atoms with Crippen molar-refractivity contribution in [3.8, 4) is 0 Å². The number of alkyl halides is 3. The van der Waals surface area contributed by atoms with Crippen LogP contribution in [0.15, 0.2) is 77.1 Å². The smallest absolute Gasteiger partial charge is 0.416 e. The monoisotopic (exact) mass is 638 g/mol. The molecule has 1 saturated heterocycles. The van der Waals surface area contributed by atoms with Crippen molar-refractivity contribution in [2.45, 2.75) is 91.1 Å². The van der Waals surface area contributed by atoms with Crippen molar-refractivity contribution >= 4 is 11.9 Å². The summed E-state index contributed by atoms with van der Waals surface area (Å²) in [6.45, 7) is 11.5. The Morgan fingerprint density at radius 2 is 1.54 bits per heavy atom. The Hall–Kier alpha value is -3.59. The summed E-state index contributed by atoms with van der Waals surface area (Å²) < 4.78 is 55.6. The number of hydrogen-bond acceptors (Lipinski definition) is 6. The van der Waals surface area contributed by atoms with E-state index >= 15 is 0 Å². The van der Waals surface area contributed by atoms with Crippen LogP contribution in [-0.2, 0) is 31.8 Å². The molecule has 5 unspecified atom stereocenters. The maximum Gasteiger partial charge on any atom is 0.416 e. The molecule has 0 aromatic heterocycles. The third kappa shape index (κ3) is 7.51. The molecule has 1 saturated carbocycles. The van der Waals surface area contributed by atoms with Crippen LogP contribution in [0.2, 0.25) is 0 Å². The molecule has 9 heteroatoms. The fourth-order valence-electron chi connectivity index (χ4n) is 7.40. The van der Waals surface area contributed by atoms with Crippen molar-refractivity contribution in [1.82, 2.24) is 10.2 Å². The van der Waals surface area contributed by atoms with Gasteiger partial charge in [-0.15, -0.1) is 0 Å². The minimum atomic E-state index is -4.71. The van der Waals surface area contributed by atoms with Gasteiger partial charge in [0.1, 0.15) is 12.2 Å². The third-order valence-electron chi connectivity index (χ3n) is 9.75. The first-order valence-electron chi connectivity index (χ1n) is 16.4. The largest absolute Gasteiger partial charge is 0.459 e. The number of ether oxygens (including phenoxy) is 2. The highest BCUT2D eigenvalue weighted by Crippen LogP contribution is 2.45. The van der Waals surface area contributed by atoms with Gasteiger partial charge in [0.2, 0.25) is 0 Å². The summed E-state index contributed by atoms with van der Waals surface area (Å²) in [4.78, 5) is 30.4. The molecule has 0 bridgehead atoms. The molecule has 2 aliphatic heterocycles. The molecule has 0 spiro atoms. The van der Waals surface area contributed by atoms with Crippen LogP contribution >= 0.6 is 0 Å². The number of halogens is 3. The molecule has 0 radical (unpaired) electrons. The fourth-order valence-corrected chi connectivity index (χ4v) is 7.40. The predicted octanol–water partition coefficient (Wildman–Crippen LogP) is 7.76. The maximum atomic E-state index is 14.5. The van der Waals surface area contributed by atoms with Crippen molar-refractivity contribution in [2.75, 3.05) is 13.1 Å². The highest BCUT2D eigenvalue weighted by atomic mass is 19.4. The summed E-state index contributed by atoms with van der Waals surface area (Å²) in [6.07, 6.45) is -2.29. The number of carbonyl (C=O) groups is 2. The maximum absolute atomic E-state index is 14.5. The van der Waals surface area contributed by atoms with Gasteiger partial charge in [0, 0.05) is 31.0 Å². The first kappa shape index (κ1) is 33.8. The van der Waals surface area contributed by atoms with Gasteiger partial charge in [-0.2, -0.15) is 13.2 Å². The lowest BCUT2D eigenvalue weighted by Crippen LogP contribution is -2.39. The molecular weight excluding hydrogens is 593 g/mol. The van der Waals surface area contributed by atoms with Crippen molar-refractivity contribution in [1.29, 1.82) is 0 Å². The Morgan fingerprint density at radius 1 is 0.913 bits per heavy atom. The van der Waals surface area contributed by atoms with Crippen LogP contribution < -0.4 is 5.32 Å². The lowest BCUT2D eigenvalue weighted by Gasteiger charge is -2.38. The normalized spacial score (nSPS) is 25.9. The Bertz CT molecular complexity index is 1480. The second-order valence-electron chi connectivity index (χ2n) is 13.5. The van der Waals surface area contributed by atoms with E-state index in [1.54, 1.807) is 13.8 Å². The molecule has 2 aromatic rings. The number of likely N-dealkylation sites (tertiary alicyclic amines) is 1. The van der Waals surface area contributed by atoms with E-state index in [0.717, 1.165) is 31.0 Å². The average Bonchev–Trinajstić information content (AvgIpc) is 3.42. The highest BCUT2D eigenvalue weighted by Gasteiger charge is 2.45. The van der Waals surface area contributed by atoms with Crippen molar-refractivity contribution in [2.24, 2.45) is 17.8 Å². The molecule has 0 amide bonds.